The first-order chi connectivity index (χ1) is 7.20. The van der Waals surface area contributed by atoms with E-state index in [0.717, 1.165) is 0 Å². The Labute approximate surface area is 99.6 Å². The first-order valence-corrected chi connectivity index (χ1v) is 8.54. The van der Waals surface area contributed by atoms with E-state index in [1.807, 2.05) is 0 Å². The number of rotatable bonds is 6. The van der Waals surface area contributed by atoms with Crippen molar-refractivity contribution in [3.63, 3.8) is 0 Å². The molecule has 1 atom stereocenters. The quantitative estimate of drug-likeness (QED) is 0.444. The van der Waals surface area contributed by atoms with E-state index >= 15 is 0 Å². The van der Waals surface area contributed by atoms with E-state index in [9.17, 15) is 9.90 Å². The van der Waals surface area contributed by atoms with Crippen molar-refractivity contribution >= 4 is 14.6 Å². The highest BCUT2D eigenvalue weighted by molar-refractivity contribution is 6.74. The van der Waals surface area contributed by atoms with Crippen LogP contribution in [0.15, 0.2) is 12.2 Å². The Kier molecular flexibility index (Phi) is 6.14. The monoisotopic (exact) mass is 244 g/mol. The van der Waals surface area contributed by atoms with Crippen LogP contribution >= 0.6 is 0 Å². The van der Waals surface area contributed by atoms with Gasteiger partial charge in [0.15, 0.2) is 8.32 Å². The molecule has 0 spiro atoms. The lowest BCUT2D eigenvalue weighted by Crippen LogP contribution is -2.42. The summed E-state index contributed by atoms with van der Waals surface area (Å²) in [6.45, 7) is 11.1. The minimum Gasteiger partial charge on any atom is -0.414 e. The number of hydrogen-bond donors (Lipinski definition) is 1. The molecular formula is C12H24O3Si. The molecule has 0 bridgehead atoms. The average Bonchev–Trinajstić information content (AvgIpc) is 2.13. The van der Waals surface area contributed by atoms with E-state index in [1.54, 1.807) is 6.08 Å². The van der Waals surface area contributed by atoms with Crippen molar-refractivity contribution in [1.82, 2.24) is 0 Å². The molecule has 0 saturated carbocycles. The fourth-order valence-electron chi connectivity index (χ4n) is 0.880. The van der Waals surface area contributed by atoms with Crippen molar-refractivity contribution < 1.29 is 14.3 Å². The first kappa shape index (κ1) is 15.5. The van der Waals surface area contributed by atoms with Gasteiger partial charge in [0.2, 0.25) is 0 Å². The van der Waals surface area contributed by atoms with Gasteiger partial charge in [-0.2, -0.15) is 0 Å². The van der Waals surface area contributed by atoms with Crippen LogP contribution in [0, 0.1) is 0 Å². The molecular weight excluding hydrogens is 220 g/mol. The molecule has 0 aliphatic rings. The molecule has 0 saturated heterocycles. The second kappa shape index (κ2) is 6.32. The minimum absolute atomic E-state index is 0.158. The zero-order valence-electron chi connectivity index (χ0n) is 11.0. The first-order valence-electron chi connectivity index (χ1n) is 5.63. The smallest absolute Gasteiger partial charge is 0.192 e. The summed E-state index contributed by atoms with van der Waals surface area (Å²) in [6.07, 6.45) is 3.71. The molecule has 1 N–H and O–H groups in total. The zero-order chi connectivity index (χ0) is 12.8. The summed E-state index contributed by atoms with van der Waals surface area (Å²) >= 11 is 0. The Morgan fingerprint density at radius 3 is 2.38 bits per heavy atom. The molecule has 0 aromatic carbocycles. The number of aliphatic hydroxyl groups is 1. The summed E-state index contributed by atoms with van der Waals surface area (Å²) in [6, 6.07) is 0. The predicted molar refractivity (Wildman–Crippen MR) is 69.0 cm³/mol. The van der Waals surface area contributed by atoms with Gasteiger partial charge in [-0.1, -0.05) is 26.8 Å². The summed E-state index contributed by atoms with van der Waals surface area (Å²) in [7, 11) is -1.77. The van der Waals surface area contributed by atoms with Crippen molar-refractivity contribution in [2.24, 2.45) is 0 Å². The highest BCUT2D eigenvalue weighted by atomic mass is 28.4. The average molecular weight is 244 g/mol. The van der Waals surface area contributed by atoms with E-state index in [2.05, 4.69) is 33.9 Å². The third-order valence-electron chi connectivity index (χ3n) is 3.07. The van der Waals surface area contributed by atoms with Crippen LogP contribution in [0.25, 0.3) is 0 Å². The Hall–Kier alpha value is -0.453. The van der Waals surface area contributed by atoms with E-state index in [0.29, 0.717) is 19.3 Å². The molecule has 1 unspecified atom stereocenters. The molecule has 0 aromatic heterocycles. The molecule has 4 heteroatoms. The van der Waals surface area contributed by atoms with Gasteiger partial charge in [0.05, 0.1) is 12.7 Å². The topological polar surface area (TPSA) is 46.5 Å². The third kappa shape index (κ3) is 5.58. The van der Waals surface area contributed by atoms with Crippen molar-refractivity contribution in [2.75, 3.05) is 6.61 Å². The Bertz CT molecular complexity index is 241. The van der Waals surface area contributed by atoms with Gasteiger partial charge in [0, 0.05) is 0 Å². The van der Waals surface area contributed by atoms with Gasteiger partial charge in [-0.25, -0.2) is 0 Å². The summed E-state index contributed by atoms with van der Waals surface area (Å²) in [5.74, 6) is 0. The van der Waals surface area contributed by atoms with E-state index in [-0.39, 0.29) is 5.04 Å². The third-order valence-corrected chi connectivity index (χ3v) is 7.57. The van der Waals surface area contributed by atoms with Gasteiger partial charge in [-0.3, -0.25) is 4.79 Å². The maximum atomic E-state index is 10.0. The number of carbonyl (C=O) groups is 1. The molecule has 0 aromatic rings. The summed E-state index contributed by atoms with van der Waals surface area (Å²) < 4.78 is 5.85. The molecule has 3 nitrogen and oxygen atoms in total. The van der Waals surface area contributed by atoms with Crippen molar-refractivity contribution in [3.05, 3.63) is 12.2 Å². The summed E-state index contributed by atoms with van der Waals surface area (Å²) in [5.41, 5.74) is 0. The molecule has 0 amide bonds. The fourth-order valence-corrected chi connectivity index (χ4v) is 1.92. The largest absolute Gasteiger partial charge is 0.414 e. The maximum absolute atomic E-state index is 10.0. The zero-order valence-corrected chi connectivity index (χ0v) is 12.0. The van der Waals surface area contributed by atoms with Crippen LogP contribution in [0.2, 0.25) is 18.1 Å². The molecule has 0 aliphatic heterocycles. The van der Waals surface area contributed by atoms with Gasteiger partial charge in [-0.05, 0) is 30.6 Å². The molecule has 16 heavy (non-hydrogen) atoms. The minimum atomic E-state index is -1.77. The standard InChI is InChI=1S/C12H24O3Si/c1-12(2,3)16(4,5)15-10-11(14)8-6-7-9-13/h6-7,9,11,14H,8,10H2,1-5H3/b7-6+. The SMILES string of the molecule is CC(C)(C)[Si](C)(C)OCC(O)C/C=C/C=O. The van der Waals surface area contributed by atoms with Crippen LogP contribution in [0.1, 0.15) is 27.2 Å². The normalized spacial score (nSPS) is 15.4. The number of allylic oxidation sites excluding steroid dienone is 1. The Morgan fingerprint density at radius 2 is 1.94 bits per heavy atom. The highest BCUT2D eigenvalue weighted by Crippen LogP contribution is 2.36. The number of aldehydes is 1. The summed E-state index contributed by atoms with van der Waals surface area (Å²) in [5, 5.41) is 9.79. The summed E-state index contributed by atoms with van der Waals surface area (Å²) in [4.78, 5) is 10.0. The lowest BCUT2D eigenvalue weighted by atomic mass is 10.2. The van der Waals surface area contributed by atoms with Crippen LogP contribution in [0.5, 0.6) is 0 Å². The fraction of sp³-hybridized carbons (Fsp3) is 0.750. The maximum Gasteiger partial charge on any atom is 0.192 e. The van der Waals surface area contributed by atoms with Crippen molar-refractivity contribution in [1.29, 1.82) is 0 Å². The van der Waals surface area contributed by atoms with Gasteiger partial charge in [0.25, 0.3) is 0 Å². The van der Waals surface area contributed by atoms with Gasteiger partial charge >= 0.3 is 0 Å². The molecule has 94 valence electrons. The number of carbonyl (C=O) groups excluding carboxylic acids is 1. The van der Waals surface area contributed by atoms with E-state index in [1.165, 1.54) is 6.08 Å². The lowest BCUT2D eigenvalue weighted by molar-refractivity contribution is -0.104. The highest BCUT2D eigenvalue weighted by Gasteiger charge is 2.37. The molecule has 0 fully saturated rings. The van der Waals surface area contributed by atoms with Gasteiger partial charge in [0.1, 0.15) is 6.29 Å². The second-order valence-corrected chi connectivity index (χ2v) is 10.3. The van der Waals surface area contributed by atoms with Gasteiger partial charge in [-0.15, -0.1) is 0 Å². The lowest BCUT2D eigenvalue weighted by Gasteiger charge is -2.36. The molecule has 0 aliphatic carbocycles. The molecule has 0 radical (unpaired) electrons. The molecule has 0 heterocycles. The van der Waals surface area contributed by atoms with Crippen LogP contribution in [-0.2, 0) is 9.22 Å². The van der Waals surface area contributed by atoms with Crippen LogP contribution in [0.3, 0.4) is 0 Å². The Balaban J connectivity index is 4.05. The number of hydrogen-bond acceptors (Lipinski definition) is 3. The van der Waals surface area contributed by atoms with E-state index in [4.69, 9.17) is 4.43 Å². The van der Waals surface area contributed by atoms with Crippen LogP contribution < -0.4 is 0 Å². The van der Waals surface area contributed by atoms with Crippen LogP contribution in [0.4, 0.5) is 0 Å². The Morgan fingerprint density at radius 1 is 1.38 bits per heavy atom. The van der Waals surface area contributed by atoms with Gasteiger partial charge < -0.3 is 9.53 Å². The number of aliphatic hydroxyl groups excluding tert-OH is 1. The van der Waals surface area contributed by atoms with Crippen LogP contribution in [-0.4, -0.2) is 32.4 Å². The van der Waals surface area contributed by atoms with Crippen molar-refractivity contribution in [3.8, 4) is 0 Å². The predicted octanol–water partition coefficient (Wildman–Crippen LogP) is 2.51. The second-order valence-electron chi connectivity index (χ2n) is 5.53. The van der Waals surface area contributed by atoms with Crippen molar-refractivity contribution in [2.45, 2.75) is 51.4 Å². The van der Waals surface area contributed by atoms with E-state index < -0.39 is 14.4 Å². The molecule has 0 rings (SSSR count).